The number of nitrogens with zero attached hydrogens (tertiary/aromatic N) is 2. The quantitative estimate of drug-likeness (QED) is 0.224. The maximum absolute atomic E-state index is 13.2. The number of nitro groups is 1. The molecule has 0 saturated heterocycles. The number of aliphatic hydroxyl groups is 1. The summed E-state index contributed by atoms with van der Waals surface area (Å²) >= 11 is 0. The van der Waals surface area contributed by atoms with E-state index < -0.39 is 27.1 Å². The lowest BCUT2D eigenvalue weighted by atomic mass is 10.1. The van der Waals surface area contributed by atoms with Crippen LogP contribution in [0, 0.1) is 16.0 Å². The van der Waals surface area contributed by atoms with Gasteiger partial charge in [-0.05, 0) is 54.2 Å². The first-order valence-corrected chi connectivity index (χ1v) is 14.0. The number of non-ortho nitro benzene ring substituents is 1. The molecule has 0 bridgehead atoms. The summed E-state index contributed by atoms with van der Waals surface area (Å²) in [6, 6.07) is 21.2. The number of ether oxygens (including phenoxy) is 1. The highest BCUT2D eigenvalue weighted by Gasteiger charge is 2.28. The van der Waals surface area contributed by atoms with E-state index in [1.807, 2.05) is 50.2 Å². The molecule has 0 fully saturated rings. The van der Waals surface area contributed by atoms with E-state index in [1.54, 1.807) is 18.2 Å². The molecule has 208 valence electrons. The summed E-state index contributed by atoms with van der Waals surface area (Å²) in [6.07, 6.45) is -0.810. The van der Waals surface area contributed by atoms with Crippen LogP contribution in [0.25, 0.3) is 0 Å². The molecule has 10 nitrogen and oxygen atoms in total. The molecule has 11 heteroatoms. The molecule has 0 aliphatic rings. The maximum Gasteiger partial charge on any atom is 0.411 e. The molecule has 0 unspecified atom stereocenters. The van der Waals surface area contributed by atoms with Gasteiger partial charge in [-0.1, -0.05) is 56.3 Å². The third-order valence-corrected chi connectivity index (χ3v) is 7.67. The highest BCUT2D eigenvalue weighted by molar-refractivity contribution is 7.89. The van der Waals surface area contributed by atoms with Gasteiger partial charge in [0.25, 0.3) is 5.69 Å². The first-order valence-electron chi connectivity index (χ1n) is 12.5. The first-order chi connectivity index (χ1) is 18.5. The lowest BCUT2D eigenvalue weighted by molar-refractivity contribution is -0.384. The van der Waals surface area contributed by atoms with Crippen molar-refractivity contribution >= 4 is 27.5 Å². The molecule has 3 rings (SSSR count). The van der Waals surface area contributed by atoms with Crippen LogP contribution >= 0.6 is 0 Å². The number of amides is 1. The Bertz CT molecular complexity index is 1350. The Morgan fingerprint density at radius 3 is 2.31 bits per heavy atom. The Hall–Kier alpha value is -3.80. The van der Waals surface area contributed by atoms with Crippen molar-refractivity contribution in [2.24, 2.45) is 5.92 Å². The second-order valence-electron chi connectivity index (χ2n) is 9.55. The van der Waals surface area contributed by atoms with Gasteiger partial charge in [0.15, 0.2) is 0 Å². The maximum atomic E-state index is 13.2. The monoisotopic (exact) mass is 555 g/mol. The topological polar surface area (TPSA) is 139 Å². The van der Waals surface area contributed by atoms with Crippen LogP contribution in [0.15, 0.2) is 83.8 Å². The summed E-state index contributed by atoms with van der Waals surface area (Å²) in [7, 11) is -3.97. The van der Waals surface area contributed by atoms with E-state index in [4.69, 9.17) is 4.74 Å². The minimum absolute atomic E-state index is 0.00516. The Balaban J connectivity index is 1.58. The van der Waals surface area contributed by atoms with Crippen molar-refractivity contribution < 1.29 is 28.0 Å². The van der Waals surface area contributed by atoms with Crippen LogP contribution in [0.2, 0.25) is 0 Å². The summed E-state index contributed by atoms with van der Waals surface area (Å²) < 4.78 is 32.9. The second kappa shape index (κ2) is 13.8. The second-order valence-corrected chi connectivity index (χ2v) is 11.5. The van der Waals surface area contributed by atoms with Gasteiger partial charge in [0.1, 0.15) is 6.61 Å². The van der Waals surface area contributed by atoms with E-state index in [2.05, 4.69) is 5.32 Å². The number of hydrogen-bond donors (Lipinski definition) is 2. The van der Waals surface area contributed by atoms with Crippen LogP contribution in [0.4, 0.5) is 16.2 Å². The Morgan fingerprint density at radius 2 is 1.67 bits per heavy atom. The molecule has 3 aromatic carbocycles. The first kappa shape index (κ1) is 29.8. The Morgan fingerprint density at radius 1 is 1.00 bits per heavy atom. The predicted molar refractivity (Wildman–Crippen MR) is 148 cm³/mol. The molecule has 0 aliphatic carbocycles. The van der Waals surface area contributed by atoms with Crippen molar-refractivity contribution in [3.63, 3.8) is 0 Å². The third-order valence-electron chi connectivity index (χ3n) is 5.82. The standard InChI is InChI=1S/C28H33N3O7S/c1-21(2)18-30(39(36,37)27-15-12-25(13-16-27)31(34)35)19-26(32)14-11-22-9-6-10-24(17-22)29-28(33)38-20-23-7-4-3-5-8-23/h3-10,12-13,15-17,21,26,32H,11,14,18-20H2,1-2H3,(H,29,33)/t26-/m1/s1. The number of anilines is 1. The number of hydrogen-bond acceptors (Lipinski definition) is 7. The van der Waals surface area contributed by atoms with Crippen molar-refractivity contribution in [3.05, 3.63) is 100 Å². The van der Waals surface area contributed by atoms with Crippen LogP contribution in [-0.2, 0) is 27.8 Å². The molecule has 1 amide bonds. The average molecular weight is 556 g/mol. The minimum Gasteiger partial charge on any atom is -0.444 e. The third kappa shape index (κ3) is 9.17. The molecule has 3 aromatic rings. The summed E-state index contributed by atoms with van der Waals surface area (Å²) in [6.45, 7) is 3.94. The van der Waals surface area contributed by atoms with Crippen LogP contribution in [0.5, 0.6) is 0 Å². The number of nitro benzene ring substituents is 1. The van der Waals surface area contributed by atoms with Gasteiger partial charge in [0, 0.05) is 30.9 Å². The summed E-state index contributed by atoms with van der Waals surface area (Å²) in [5, 5.41) is 24.3. The Kier molecular flexibility index (Phi) is 10.6. The molecule has 0 heterocycles. The molecule has 0 radical (unpaired) electrons. The highest BCUT2D eigenvalue weighted by atomic mass is 32.2. The van der Waals surface area contributed by atoms with Crippen LogP contribution < -0.4 is 5.32 Å². The molecular formula is C28H33N3O7S. The molecular weight excluding hydrogens is 522 g/mol. The minimum atomic E-state index is -3.97. The van der Waals surface area contributed by atoms with Gasteiger partial charge in [-0.3, -0.25) is 15.4 Å². The van der Waals surface area contributed by atoms with Crippen LogP contribution in [-0.4, -0.2) is 48.0 Å². The largest absolute Gasteiger partial charge is 0.444 e. The lowest BCUT2D eigenvalue weighted by Gasteiger charge is -2.26. The van der Waals surface area contributed by atoms with E-state index in [1.165, 1.54) is 16.4 Å². The van der Waals surface area contributed by atoms with E-state index >= 15 is 0 Å². The van der Waals surface area contributed by atoms with E-state index in [9.17, 15) is 28.4 Å². The van der Waals surface area contributed by atoms with Crippen molar-refractivity contribution in [2.75, 3.05) is 18.4 Å². The van der Waals surface area contributed by atoms with Crippen molar-refractivity contribution in [3.8, 4) is 0 Å². The zero-order valence-corrected chi connectivity index (χ0v) is 22.7. The van der Waals surface area contributed by atoms with E-state index in [-0.39, 0.29) is 42.6 Å². The van der Waals surface area contributed by atoms with Crippen molar-refractivity contribution in [1.82, 2.24) is 4.31 Å². The average Bonchev–Trinajstić information content (AvgIpc) is 2.91. The number of aliphatic hydroxyl groups excluding tert-OH is 1. The van der Waals surface area contributed by atoms with Gasteiger partial charge in [0.05, 0.1) is 15.9 Å². The lowest BCUT2D eigenvalue weighted by Crippen LogP contribution is -2.40. The smallest absolute Gasteiger partial charge is 0.411 e. The van der Waals surface area contributed by atoms with Crippen molar-refractivity contribution in [2.45, 2.75) is 44.3 Å². The number of carbonyl (C=O) groups is 1. The fourth-order valence-electron chi connectivity index (χ4n) is 3.91. The van der Waals surface area contributed by atoms with E-state index in [0.29, 0.717) is 12.1 Å². The van der Waals surface area contributed by atoms with Crippen molar-refractivity contribution in [1.29, 1.82) is 0 Å². The predicted octanol–water partition coefficient (Wildman–Crippen LogP) is 4.98. The number of aryl methyl sites for hydroxylation is 1. The van der Waals surface area contributed by atoms with Gasteiger partial charge in [-0.15, -0.1) is 0 Å². The highest BCUT2D eigenvalue weighted by Crippen LogP contribution is 2.22. The van der Waals surface area contributed by atoms with Gasteiger partial charge in [-0.2, -0.15) is 4.31 Å². The fraction of sp³-hybridized carbons (Fsp3) is 0.321. The van der Waals surface area contributed by atoms with Crippen LogP contribution in [0.1, 0.15) is 31.4 Å². The van der Waals surface area contributed by atoms with E-state index in [0.717, 1.165) is 23.3 Å². The number of benzene rings is 3. The molecule has 39 heavy (non-hydrogen) atoms. The number of carbonyl (C=O) groups excluding carboxylic acids is 1. The summed E-state index contributed by atoms with van der Waals surface area (Å²) in [5.74, 6) is -0.00516. The zero-order valence-electron chi connectivity index (χ0n) is 21.9. The van der Waals surface area contributed by atoms with Gasteiger partial charge in [-0.25, -0.2) is 13.2 Å². The SMILES string of the molecule is CC(C)CN(C[C@H](O)CCc1cccc(NC(=O)OCc2ccccc2)c1)S(=O)(=O)c1ccc([N+](=O)[O-])cc1. The van der Waals surface area contributed by atoms with Crippen LogP contribution in [0.3, 0.4) is 0 Å². The fourth-order valence-corrected chi connectivity index (χ4v) is 5.55. The van der Waals surface area contributed by atoms with Gasteiger partial charge in [0.2, 0.25) is 10.0 Å². The summed E-state index contributed by atoms with van der Waals surface area (Å²) in [5.41, 5.74) is 2.06. The molecule has 0 spiro atoms. The molecule has 2 N–H and O–H groups in total. The molecule has 0 aromatic heterocycles. The number of rotatable bonds is 13. The zero-order chi connectivity index (χ0) is 28.4. The number of sulfonamides is 1. The number of nitrogens with one attached hydrogen (secondary N) is 1. The normalized spacial score (nSPS) is 12.3. The van der Waals surface area contributed by atoms with Gasteiger partial charge >= 0.3 is 6.09 Å². The molecule has 0 saturated carbocycles. The summed E-state index contributed by atoms with van der Waals surface area (Å²) in [4.78, 5) is 22.4. The molecule has 1 atom stereocenters. The van der Waals surface area contributed by atoms with Gasteiger partial charge < -0.3 is 9.84 Å². The Labute approximate surface area is 228 Å². The molecule has 0 aliphatic heterocycles.